The van der Waals surface area contributed by atoms with Crippen molar-refractivity contribution >= 4 is 11.4 Å². The molecule has 0 aliphatic carbocycles. The van der Waals surface area contributed by atoms with Crippen LogP contribution >= 0.6 is 0 Å². The summed E-state index contributed by atoms with van der Waals surface area (Å²) in [6, 6.07) is 5.69. The van der Waals surface area contributed by atoms with E-state index in [2.05, 4.69) is 17.1 Å². The predicted molar refractivity (Wildman–Crippen MR) is 76.6 cm³/mol. The van der Waals surface area contributed by atoms with Crippen molar-refractivity contribution in [3.05, 3.63) is 33.9 Å². The third kappa shape index (κ3) is 3.44. The minimum atomic E-state index is -0.341. The van der Waals surface area contributed by atoms with Gasteiger partial charge < -0.3 is 5.32 Å². The summed E-state index contributed by atoms with van der Waals surface area (Å²) in [5.41, 5.74) is 1.83. The molecular formula is C14H21N3O2. The molecular weight excluding hydrogens is 242 g/mol. The Balaban J connectivity index is 1.92. The highest BCUT2D eigenvalue weighted by atomic mass is 16.6. The van der Waals surface area contributed by atoms with Gasteiger partial charge in [0.05, 0.1) is 4.92 Å². The second-order valence-corrected chi connectivity index (χ2v) is 5.23. The van der Waals surface area contributed by atoms with Crippen LogP contribution in [0.4, 0.5) is 11.4 Å². The Labute approximate surface area is 113 Å². The Morgan fingerprint density at radius 1 is 1.42 bits per heavy atom. The van der Waals surface area contributed by atoms with Crippen LogP contribution in [0.3, 0.4) is 0 Å². The van der Waals surface area contributed by atoms with E-state index in [1.165, 1.54) is 25.9 Å². The van der Waals surface area contributed by atoms with Crippen LogP contribution in [0, 0.1) is 17.0 Å². The van der Waals surface area contributed by atoms with Crippen LogP contribution in [0.5, 0.6) is 0 Å². The Kier molecular flexibility index (Phi) is 4.37. The van der Waals surface area contributed by atoms with Gasteiger partial charge in [-0.3, -0.25) is 15.0 Å². The predicted octanol–water partition coefficient (Wildman–Crippen LogP) is 2.80. The molecule has 0 radical (unpaired) electrons. The smallest absolute Gasteiger partial charge is 0.272 e. The highest BCUT2D eigenvalue weighted by Gasteiger charge is 2.17. The molecule has 0 bridgehead atoms. The quantitative estimate of drug-likeness (QED) is 0.655. The summed E-state index contributed by atoms with van der Waals surface area (Å²) in [7, 11) is 0. The molecule has 1 fully saturated rings. The molecule has 0 amide bonds. The lowest BCUT2D eigenvalue weighted by atomic mass is 10.1. The van der Waals surface area contributed by atoms with Crippen molar-refractivity contribution in [2.75, 3.05) is 25.0 Å². The van der Waals surface area contributed by atoms with E-state index in [0.717, 1.165) is 12.2 Å². The molecule has 1 aromatic carbocycles. The average molecular weight is 263 g/mol. The first-order chi connectivity index (χ1) is 9.08. The summed E-state index contributed by atoms with van der Waals surface area (Å²) in [5.74, 6) is 0. The number of nitrogens with zero attached hydrogens (tertiary/aromatic N) is 2. The van der Waals surface area contributed by atoms with Gasteiger partial charge >= 0.3 is 0 Å². The lowest BCUT2D eigenvalue weighted by Crippen LogP contribution is -2.35. The number of nitro groups is 1. The van der Waals surface area contributed by atoms with Crippen molar-refractivity contribution in [1.29, 1.82) is 0 Å². The second kappa shape index (κ2) is 6.02. The van der Waals surface area contributed by atoms with Crippen LogP contribution in [0.25, 0.3) is 0 Å². The number of anilines is 1. The molecule has 5 heteroatoms. The van der Waals surface area contributed by atoms with Crippen molar-refractivity contribution in [2.24, 2.45) is 0 Å². The maximum atomic E-state index is 10.8. The minimum Gasteiger partial charge on any atom is -0.383 e. The van der Waals surface area contributed by atoms with Crippen LogP contribution in [-0.2, 0) is 0 Å². The van der Waals surface area contributed by atoms with Crippen molar-refractivity contribution in [3.63, 3.8) is 0 Å². The molecule has 1 atom stereocenters. The van der Waals surface area contributed by atoms with Crippen LogP contribution in [0.15, 0.2) is 18.2 Å². The third-order valence-corrected chi connectivity index (χ3v) is 3.76. The summed E-state index contributed by atoms with van der Waals surface area (Å²) in [6.07, 6.45) is 2.59. The molecule has 0 saturated carbocycles. The first kappa shape index (κ1) is 13.8. The molecule has 1 heterocycles. The summed E-state index contributed by atoms with van der Waals surface area (Å²) >= 11 is 0. The van der Waals surface area contributed by atoms with Crippen molar-refractivity contribution in [2.45, 2.75) is 32.7 Å². The van der Waals surface area contributed by atoms with Crippen LogP contribution in [-0.4, -0.2) is 35.5 Å². The van der Waals surface area contributed by atoms with Gasteiger partial charge in [0.25, 0.3) is 5.69 Å². The van der Waals surface area contributed by atoms with Gasteiger partial charge in [-0.25, -0.2) is 0 Å². The monoisotopic (exact) mass is 263 g/mol. The molecule has 2 rings (SSSR count). The number of aryl methyl sites for hydroxylation is 1. The van der Waals surface area contributed by atoms with E-state index in [9.17, 15) is 10.1 Å². The SMILES string of the molecule is Cc1cc(NCC(C)N2CCCC2)ccc1[N+](=O)[O-]. The molecule has 1 unspecified atom stereocenters. The summed E-state index contributed by atoms with van der Waals surface area (Å²) in [6.45, 7) is 7.23. The third-order valence-electron chi connectivity index (χ3n) is 3.76. The van der Waals surface area contributed by atoms with Gasteiger partial charge in [-0.1, -0.05) is 0 Å². The normalized spacial score (nSPS) is 17.4. The average Bonchev–Trinajstić information content (AvgIpc) is 2.89. The molecule has 19 heavy (non-hydrogen) atoms. The standard InChI is InChI=1S/C14H21N3O2/c1-11-9-13(5-6-14(11)17(18)19)15-10-12(2)16-7-3-4-8-16/h5-6,9,12,15H,3-4,7-8,10H2,1-2H3. The zero-order chi connectivity index (χ0) is 13.8. The largest absolute Gasteiger partial charge is 0.383 e. The fraction of sp³-hybridized carbons (Fsp3) is 0.571. The Morgan fingerprint density at radius 3 is 2.68 bits per heavy atom. The number of likely N-dealkylation sites (tertiary alicyclic amines) is 1. The molecule has 1 aromatic rings. The van der Waals surface area contributed by atoms with Gasteiger partial charge in [0.2, 0.25) is 0 Å². The zero-order valence-electron chi connectivity index (χ0n) is 11.6. The van der Waals surface area contributed by atoms with Crippen molar-refractivity contribution < 1.29 is 4.92 Å². The Bertz CT molecular complexity index is 456. The molecule has 1 aliphatic rings. The molecule has 0 aromatic heterocycles. The first-order valence-corrected chi connectivity index (χ1v) is 6.81. The van der Waals surface area contributed by atoms with Crippen molar-refractivity contribution in [3.8, 4) is 0 Å². The van der Waals surface area contributed by atoms with Gasteiger partial charge in [-0.2, -0.15) is 0 Å². The number of rotatable bonds is 5. The van der Waals surface area contributed by atoms with Gasteiger partial charge in [0.1, 0.15) is 0 Å². The molecule has 104 valence electrons. The van der Waals surface area contributed by atoms with E-state index in [-0.39, 0.29) is 10.6 Å². The van der Waals surface area contributed by atoms with E-state index < -0.39 is 0 Å². The minimum absolute atomic E-state index is 0.179. The van der Waals surface area contributed by atoms with E-state index in [0.29, 0.717) is 11.6 Å². The Hall–Kier alpha value is -1.62. The molecule has 1 N–H and O–H groups in total. The van der Waals surface area contributed by atoms with E-state index in [4.69, 9.17) is 0 Å². The van der Waals surface area contributed by atoms with Gasteiger partial charge in [0.15, 0.2) is 0 Å². The number of nitro benzene ring substituents is 1. The van der Waals surface area contributed by atoms with E-state index in [1.807, 2.05) is 6.07 Å². The molecule has 5 nitrogen and oxygen atoms in total. The van der Waals surface area contributed by atoms with Gasteiger partial charge in [-0.05, 0) is 51.9 Å². The maximum absolute atomic E-state index is 10.8. The zero-order valence-corrected chi connectivity index (χ0v) is 11.6. The number of hydrogen-bond donors (Lipinski definition) is 1. The topological polar surface area (TPSA) is 58.4 Å². The Morgan fingerprint density at radius 2 is 2.11 bits per heavy atom. The fourth-order valence-electron chi connectivity index (χ4n) is 2.55. The number of nitrogens with one attached hydrogen (secondary N) is 1. The summed E-state index contributed by atoms with van der Waals surface area (Å²) < 4.78 is 0. The molecule has 0 spiro atoms. The van der Waals surface area contributed by atoms with E-state index >= 15 is 0 Å². The van der Waals surface area contributed by atoms with Crippen LogP contribution < -0.4 is 5.32 Å². The maximum Gasteiger partial charge on any atom is 0.272 e. The van der Waals surface area contributed by atoms with E-state index in [1.54, 1.807) is 19.1 Å². The first-order valence-electron chi connectivity index (χ1n) is 6.81. The summed E-state index contributed by atoms with van der Waals surface area (Å²) in [4.78, 5) is 12.9. The number of hydrogen-bond acceptors (Lipinski definition) is 4. The highest BCUT2D eigenvalue weighted by Crippen LogP contribution is 2.21. The highest BCUT2D eigenvalue weighted by molar-refractivity contribution is 5.53. The van der Waals surface area contributed by atoms with Gasteiger partial charge in [0, 0.05) is 29.9 Å². The van der Waals surface area contributed by atoms with Gasteiger partial charge in [-0.15, -0.1) is 0 Å². The molecule has 1 saturated heterocycles. The number of benzene rings is 1. The lowest BCUT2D eigenvalue weighted by molar-refractivity contribution is -0.385. The molecule has 1 aliphatic heterocycles. The lowest BCUT2D eigenvalue weighted by Gasteiger charge is -2.24. The van der Waals surface area contributed by atoms with Crippen LogP contribution in [0.1, 0.15) is 25.3 Å². The summed E-state index contributed by atoms with van der Waals surface area (Å²) in [5, 5.41) is 14.1. The van der Waals surface area contributed by atoms with Crippen LogP contribution in [0.2, 0.25) is 0 Å². The fourth-order valence-corrected chi connectivity index (χ4v) is 2.55. The van der Waals surface area contributed by atoms with Crippen molar-refractivity contribution in [1.82, 2.24) is 4.90 Å². The second-order valence-electron chi connectivity index (χ2n) is 5.23.